The third kappa shape index (κ3) is 1.99. The highest BCUT2D eigenvalue weighted by Gasteiger charge is 2.14. The van der Waals surface area contributed by atoms with Crippen molar-refractivity contribution in [1.82, 2.24) is 4.98 Å². The summed E-state index contributed by atoms with van der Waals surface area (Å²) in [6, 6.07) is 7.63. The number of aromatic nitrogens is 1. The fourth-order valence-corrected chi connectivity index (χ4v) is 1.41. The van der Waals surface area contributed by atoms with Crippen LogP contribution >= 0.6 is 0 Å². The number of oxazole rings is 1. The minimum Gasteiger partial charge on any atom is -0.419 e. The summed E-state index contributed by atoms with van der Waals surface area (Å²) in [6.07, 6.45) is 0. The average molecular weight is 244 g/mol. The summed E-state index contributed by atoms with van der Waals surface area (Å²) >= 11 is 0. The molecule has 0 aliphatic carbocycles. The predicted molar refractivity (Wildman–Crippen MR) is 62.9 cm³/mol. The van der Waals surface area contributed by atoms with Crippen LogP contribution in [0, 0.1) is 21.4 Å². The van der Waals surface area contributed by atoms with E-state index in [0.717, 1.165) is 0 Å². The molecule has 1 heterocycles. The quantitative estimate of drug-likeness (QED) is 0.655. The van der Waals surface area contributed by atoms with Gasteiger partial charge in [-0.15, -0.1) is 0 Å². The summed E-state index contributed by atoms with van der Waals surface area (Å²) in [5.41, 5.74) is 0.698. The van der Waals surface area contributed by atoms with Gasteiger partial charge in [0.1, 0.15) is 6.07 Å². The maximum absolute atomic E-state index is 10.5. The van der Waals surface area contributed by atoms with E-state index in [9.17, 15) is 10.1 Å². The largest absolute Gasteiger partial charge is 0.419 e. The summed E-state index contributed by atoms with van der Waals surface area (Å²) in [4.78, 5) is 14.0. The number of nitro benzene ring substituents is 1. The van der Waals surface area contributed by atoms with Crippen LogP contribution in [0.15, 0.2) is 28.7 Å². The number of nitriles is 1. The molecule has 1 aromatic heterocycles. The Bertz CT molecular complexity index is 625. The minimum absolute atomic E-state index is 0.0142. The van der Waals surface area contributed by atoms with Crippen molar-refractivity contribution in [3.05, 3.63) is 40.1 Å². The first-order valence-electron chi connectivity index (χ1n) is 4.99. The third-order valence-electron chi connectivity index (χ3n) is 2.29. The SMILES string of the molecule is CNc1oc(-c2ccc([N+](=O)[O-])cc2)nc1C#N. The molecule has 18 heavy (non-hydrogen) atoms. The molecule has 0 spiro atoms. The summed E-state index contributed by atoms with van der Waals surface area (Å²) in [6.45, 7) is 0. The van der Waals surface area contributed by atoms with Crippen molar-refractivity contribution >= 4 is 11.6 Å². The Morgan fingerprint density at radius 2 is 2.11 bits per heavy atom. The van der Waals surface area contributed by atoms with Gasteiger partial charge in [0.15, 0.2) is 0 Å². The summed E-state index contributed by atoms with van der Waals surface area (Å²) < 4.78 is 5.33. The van der Waals surface area contributed by atoms with Crippen molar-refractivity contribution in [3.8, 4) is 17.5 Å². The molecule has 7 nitrogen and oxygen atoms in total. The molecule has 0 amide bonds. The van der Waals surface area contributed by atoms with Crippen molar-refractivity contribution in [2.45, 2.75) is 0 Å². The first-order valence-corrected chi connectivity index (χ1v) is 4.99. The zero-order chi connectivity index (χ0) is 13.1. The Morgan fingerprint density at radius 1 is 1.44 bits per heavy atom. The molecule has 0 bridgehead atoms. The molecule has 0 saturated carbocycles. The van der Waals surface area contributed by atoms with E-state index in [-0.39, 0.29) is 23.2 Å². The van der Waals surface area contributed by atoms with Crippen molar-refractivity contribution in [1.29, 1.82) is 5.26 Å². The lowest BCUT2D eigenvalue weighted by molar-refractivity contribution is -0.384. The van der Waals surface area contributed by atoms with Crippen LogP contribution in [-0.2, 0) is 0 Å². The fourth-order valence-electron chi connectivity index (χ4n) is 1.41. The normalized spacial score (nSPS) is 9.78. The van der Waals surface area contributed by atoms with E-state index in [4.69, 9.17) is 9.68 Å². The number of nitrogens with one attached hydrogen (secondary N) is 1. The van der Waals surface area contributed by atoms with E-state index < -0.39 is 4.92 Å². The van der Waals surface area contributed by atoms with Crippen LogP contribution in [-0.4, -0.2) is 17.0 Å². The van der Waals surface area contributed by atoms with Gasteiger partial charge in [0.25, 0.3) is 5.69 Å². The zero-order valence-electron chi connectivity index (χ0n) is 9.38. The number of nitro groups is 1. The number of benzene rings is 1. The average Bonchev–Trinajstić information content (AvgIpc) is 2.82. The van der Waals surface area contributed by atoms with Crippen LogP contribution in [0.25, 0.3) is 11.5 Å². The molecule has 0 aliphatic heterocycles. The highest BCUT2D eigenvalue weighted by atomic mass is 16.6. The number of rotatable bonds is 3. The lowest BCUT2D eigenvalue weighted by atomic mass is 10.2. The number of anilines is 1. The Hall–Kier alpha value is -2.88. The van der Waals surface area contributed by atoms with E-state index >= 15 is 0 Å². The predicted octanol–water partition coefficient (Wildman–Crippen LogP) is 2.16. The topological polar surface area (TPSA) is 105 Å². The Morgan fingerprint density at radius 3 is 2.56 bits per heavy atom. The molecule has 0 radical (unpaired) electrons. The first-order chi connectivity index (χ1) is 8.65. The van der Waals surface area contributed by atoms with Gasteiger partial charge in [-0.1, -0.05) is 0 Å². The van der Waals surface area contributed by atoms with Gasteiger partial charge in [-0.05, 0) is 12.1 Å². The standard InChI is InChI=1S/C11H8N4O3/c1-13-11-9(6-12)14-10(18-11)7-2-4-8(5-3-7)15(16)17/h2-5,13H,1H3. The monoisotopic (exact) mass is 244 g/mol. The summed E-state index contributed by atoms with van der Waals surface area (Å²) in [5.74, 6) is 0.511. The van der Waals surface area contributed by atoms with Crippen molar-refractivity contribution in [3.63, 3.8) is 0 Å². The van der Waals surface area contributed by atoms with E-state index in [1.54, 1.807) is 7.05 Å². The first kappa shape index (κ1) is 11.6. The highest BCUT2D eigenvalue weighted by molar-refractivity contribution is 5.60. The molecule has 0 atom stereocenters. The van der Waals surface area contributed by atoms with Gasteiger partial charge in [0.2, 0.25) is 17.5 Å². The van der Waals surface area contributed by atoms with E-state index in [1.807, 2.05) is 6.07 Å². The van der Waals surface area contributed by atoms with E-state index in [1.165, 1.54) is 24.3 Å². The summed E-state index contributed by atoms with van der Waals surface area (Å²) in [7, 11) is 1.61. The lowest BCUT2D eigenvalue weighted by Crippen LogP contribution is -1.87. The van der Waals surface area contributed by atoms with E-state index in [2.05, 4.69) is 10.3 Å². The van der Waals surface area contributed by atoms with Crippen molar-refractivity contribution in [2.24, 2.45) is 0 Å². The maximum Gasteiger partial charge on any atom is 0.269 e. The van der Waals surface area contributed by atoms with Gasteiger partial charge in [-0.3, -0.25) is 10.1 Å². The van der Waals surface area contributed by atoms with Crippen molar-refractivity contribution < 1.29 is 9.34 Å². The molecular weight excluding hydrogens is 236 g/mol. The molecule has 7 heteroatoms. The second kappa shape index (κ2) is 4.55. The Kier molecular flexibility index (Phi) is 2.93. The number of hydrogen-bond acceptors (Lipinski definition) is 6. The van der Waals surface area contributed by atoms with Crippen LogP contribution < -0.4 is 5.32 Å². The Labute approximate surface area is 102 Å². The molecule has 2 rings (SSSR count). The van der Waals surface area contributed by atoms with Crippen LogP contribution in [0.4, 0.5) is 11.6 Å². The minimum atomic E-state index is -0.487. The Balaban J connectivity index is 2.40. The smallest absolute Gasteiger partial charge is 0.269 e. The lowest BCUT2D eigenvalue weighted by Gasteiger charge is -1.95. The number of hydrogen-bond donors (Lipinski definition) is 1. The van der Waals surface area contributed by atoms with Gasteiger partial charge in [-0.2, -0.15) is 10.2 Å². The maximum atomic E-state index is 10.5. The molecule has 2 aromatic rings. The molecule has 90 valence electrons. The van der Waals surface area contributed by atoms with Gasteiger partial charge in [-0.25, -0.2) is 0 Å². The van der Waals surface area contributed by atoms with E-state index in [0.29, 0.717) is 5.56 Å². The van der Waals surface area contributed by atoms with Crippen LogP contribution in [0.1, 0.15) is 5.69 Å². The number of nitrogens with zero attached hydrogens (tertiary/aromatic N) is 3. The van der Waals surface area contributed by atoms with Crippen LogP contribution in [0.3, 0.4) is 0 Å². The molecule has 0 fully saturated rings. The van der Waals surface area contributed by atoms with Crippen LogP contribution in [0.5, 0.6) is 0 Å². The molecule has 0 unspecified atom stereocenters. The second-order valence-electron chi connectivity index (χ2n) is 3.36. The second-order valence-corrected chi connectivity index (χ2v) is 3.36. The van der Waals surface area contributed by atoms with Gasteiger partial charge in [0, 0.05) is 24.7 Å². The molecule has 1 aromatic carbocycles. The van der Waals surface area contributed by atoms with Gasteiger partial charge < -0.3 is 9.73 Å². The summed E-state index contributed by atoms with van der Waals surface area (Å²) in [5, 5.41) is 22.0. The number of non-ortho nitro benzene ring substituents is 1. The molecule has 1 N–H and O–H groups in total. The highest BCUT2D eigenvalue weighted by Crippen LogP contribution is 2.26. The van der Waals surface area contributed by atoms with Gasteiger partial charge >= 0.3 is 0 Å². The van der Waals surface area contributed by atoms with Crippen molar-refractivity contribution in [2.75, 3.05) is 12.4 Å². The van der Waals surface area contributed by atoms with Gasteiger partial charge in [0.05, 0.1) is 4.92 Å². The molecule has 0 aliphatic rings. The van der Waals surface area contributed by atoms with Crippen LogP contribution in [0.2, 0.25) is 0 Å². The molecule has 0 saturated heterocycles. The third-order valence-corrected chi connectivity index (χ3v) is 2.29. The fraction of sp³-hybridized carbons (Fsp3) is 0.0909. The zero-order valence-corrected chi connectivity index (χ0v) is 9.38. The molecular formula is C11H8N4O3.